The summed E-state index contributed by atoms with van der Waals surface area (Å²) in [5, 5.41) is 13.8. The number of aromatic nitrogens is 4. The number of nitrogens with zero attached hydrogens (tertiary/aromatic N) is 4. The monoisotopic (exact) mass is 212 g/mol. The summed E-state index contributed by atoms with van der Waals surface area (Å²) in [6.45, 7) is 0. The summed E-state index contributed by atoms with van der Waals surface area (Å²) < 4.78 is 1.53. The standard InChI is InChI=1S/C11H8N4O/c16-9-5-3-7-15-11(9)13-10(14-15)8-4-1-2-6-12-8/h1-7,16H. The van der Waals surface area contributed by atoms with Gasteiger partial charge in [0.25, 0.3) is 0 Å². The van der Waals surface area contributed by atoms with Gasteiger partial charge in [0, 0.05) is 12.4 Å². The Morgan fingerprint density at radius 3 is 2.81 bits per heavy atom. The molecule has 1 N–H and O–H groups in total. The molecule has 0 spiro atoms. The van der Waals surface area contributed by atoms with E-state index in [1.807, 2.05) is 18.2 Å². The Morgan fingerprint density at radius 1 is 1.12 bits per heavy atom. The third-order valence-corrected chi connectivity index (χ3v) is 2.24. The molecule has 3 heterocycles. The predicted molar refractivity (Wildman–Crippen MR) is 57.9 cm³/mol. The van der Waals surface area contributed by atoms with Crippen LogP contribution in [0.4, 0.5) is 0 Å². The Kier molecular flexibility index (Phi) is 1.83. The average molecular weight is 212 g/mol. The zero-order valence-corrected chi connectivity index (χ0v) is 8.28. The molecule has 0 saturated heterocycles. The third kappa shape index (κ3) is 1.30. The Bertz CT molecular complexity index is 633. The smallest absolute Gasteiger partial charge is 0.200 e. The van der Waals surface area contributed by atoms with Crippen molar-refractivity contribution in [1.29, 1.82) is 0 Å². The van der Waals surface area contributed by atoms with E-state index < -0.39 is 0 Å². The maximum absolute atomic E-state index is 9.59. The van der Waals surface area contributed by atoms with E-state index in [4.69, 9.17) is 0 Å². The molecule has 5 nitrogen and oxygen atoms in total. The van der Waals surface area contributed by atoms with E-state index in [0.717, 1.165) is 0 Å². The van der Waals surface area contributed by atoms with Crippen molar-refractivity contribution in [2.45, 2.75) is 0 Å². The molecule has 0 bridgehead atoms. The van der Waals surface area contributed by atoms with Gasteiger partial charge < -0.3 is 5.11 Å². The van der Waals surface area contributed by atoms with Crippen molar-refractivity contribution in [2.75, 3.05) is 0 Å². The molecule has 0 radical (unpaired) electrons. The van der Waals surface area contributed by atoms with Gasteiger partial charge in [-0.15, -0.1) is 5.10 Å². The van der Waals surface area contributed by atoms with Gasteiger partial charge in [-0.05, 0) is 24.3 Å². The largest absolute Gasteiger partial charge is 0.504 e. The minimum atomic E-state index is 0.109. The molecule has 3 rings (SSSR count). The Morgan fingerprint density at radius 2 is 2.06 bits per heavy atom. The van der Waals surface area contributed by atoms with E-state index in [9.17, 15) is 5.11 Å². The minimum absolute atomic E-state index is 0.109. The molecule has 3 aromatic rings. The van der Waals surface area contributed by atoms with E-state index >= 15 is 0 Å². The number of aromatic hydroxyl groups is 1. The van der Waals surface area contributed by atoms with Crippen molar-refractivity contribution in [3.05, 3.63) is 42.7 Å². The van der Waals surface area contributed by atoms with E-state index in [-0.39, 0.29) is 5.75 Å². The zero-order chi connectivity index (χ0) is 11.0. The lowest BCUT2D eigenvalue weighted by atomic mass is 10.3. The van der Waals surface area contributed by atoms with Gasteiger partial charge in [0.1, 0.15) is 5.69 Å². The number of rotatable bonds is 1. The van der Waals surface area contributed by atoms with Crippen molar-refractivity contribution in [1.82, 2.24) is 19.6 Å². The maximum atomic E-state index is 9.59. The summed E-state index contributed by atoms with van der Waals surface area (Å²) in [7, 11) is 0. The van der Waals surface area contributed by atoms with Crippen LogP contribution >= 0.6 is 0 Å². The maximum Gasteiger partial charge on any atom is 0.200 e. The Balaban J connectivity index is 2.23. The first-order valence-electron chi connectivity index (χ1n) is 4.80. The summed E-state index contributed by atoms with van der Waals surface area (Å²) in [5.74, 6) is 0.610. The second kappa shape index (κ2) is 3.30. The SMILES string of the molecule is Oc1cccn2nc(-c3ccccn3)nc12. The molecule has 16 heavy (non-hydrogen) atoms. The first kappa shape index (κ1) is 8.84. The first-order valence-corrected chi connectivity index (χ1v) is 4.80. The van der Waals surface area contributed by atoms with Gasteiger partial charge in [-0.25, -0.2) is 9.50 Å². The van der Waals surface area contributed by atoms with Crippen LogP contribution in [0.5, 0.6) is 5.75 Å². The molecular formula is C11H8N4O. The molecule has 0 aliphatic heterocycles. The molecule has 0 aliphatic rings. The van der Waals surface area contributed by atoms with Gasteiger partial charge in [0.05, 0.1) is 0 Å². The molecule has 5 heteroatoms. The highest BCUT2D eigenvalue weighted by Gasteiger charge is 2.08. The molecule has 0 fully saturated rings. The van der Waals surface area contributed by atoms with Gasteiger partial charge in [-0.3, -0.25) is 4.98 Å². The van der Waals surface area contributed by atoms with Gasteiger partial charge >= 0.3 is 0 Å². The number of pyridine rings is 2. The van der Waals surface area contributed by atoms with Gasteiger partial charge in [0.2, 0.25) is 5.82 Å². The van der Waals surface area contributed by atoms with Crippen molar-refractivity contribution in [3.63, 3.8) is 0 Å². The van der Waals surface area contributed by atoms with Crippen LogP contribution in [0.25, 0.3) is 17.2 Å². The quantitative estimate of drug-likeness (QED) is 0.663. The third-order valence-electron chi connectivity index (χ3n) is 2.24. The second-order valence-electron chi connectivity index (χ2n) is 3.31. The van der Waals surface area contributed by atoms with Crippen LogP contribution in [0.15, 0.2) is 42.7 Å². The highest BCUT2D eigenvalue weighted by atomic mass is 16.3. The molecular weight excluding hydrogens is 204 g/mol. The zero-order valence-electron chi connectivity index (χ0n) is 8.28. The van der Waals surface area contributed by atoms with Crippen LogP contribution in [-0.2, 0) is 0 Å². The van der Waals surface area contributed by atoms with Gasteiger partial charge in [-0.2, -0.15) is 0 Å². The van der Waals surface area contributed by atoms with Gasteiger partial charge in [-0.1, -0.05) is 6.07 Å². The summed E-state index contributed by atoms with van der Waals surface area (Å²) in [5.41, 5.74) is 1.12. The molecule has 0 saturated carbocycles. The first-order chi connectivity index (χ1) is 7.84. The number of hydrogen-bond acceptors (Lipinski definition) is 4. The molecule has 0 aromatic carbocycles. The van der Waals surface area contributed by atoms with Crippen molar-refractivity contribution < 1.29 is 5.11 Å². The topological polar surface area (TPSA) is 63.3 Å². The van der Waals surface area contributed by atoms with Crippen molar-refractivity contribution in [3.8, 4) is 17.3 Å². The summed E-state index contributed by atoms with van der Waals surface area (Å²) in [4.78, 5) is 8.38. The highest BCUT2D eigenvalue weighted by Crippen LogP contribution is 2.19. The molecule has 0 atom stereocenters. The van der Waals surface area contributed by atoms with Gasteiger partial charge in [0.15, 0.2) is 11.4 Å². The summed E-state index contributed by atoms with van der Waals surface area (Å²) >= 11 is 0. The number of hydrogen-bond donors (Lipinski definition) is 1. The molecule has 0 unspecified atom stereocenters. The normalized spacial score (nSPS) is 10.8. The molecule has 3 aromatic heterocycles. The lowest BCUT2D eigenvalue weighted by Gasteiger charge is -1.91. The van der Waals surface area contributed by atoms with Crippen LogP contribution in [0.1, 0.15) is 0 Å². The fraction of sp³-hybridized carbons (Fsp3) is 0. The molecule has 78 valence electrons. The van der Waals surface area contributed by atoms with Crippen LogP contribution in [-0.4, -0.2) is 24.7 Å². The molecule has 0 aliphatic carbocycles. The lowest BCUT2D eigenvalue weighted by Crippen LogP contribution is -1.86. The minimum Gasteiger partial charge on any atom is -0.504 e. The van der Waals surface area contributed by atoms with E-state index in [1.165, 1.54) is 4.52 Å². The number of fused-ring (bicyclic) bond motifs is 1. The second-order valence-corrected chi connectivity index (χ2v) is 3.31. The Hall–Kier alpha value is -2.43. The van der Waals surface area contributed by atoms with E-state index in [0.29, 0.717) is 17.2 Å². The summed E-state index contributed by atoms with van der Waals surface area (Å²) in [6, 6.07) is 8.81. The molecule has 0 amide bonds. The van der Waals surface area contributed by atoms with Crippen LogP contribution in [0, 0.1) is 0 Å². The average Bonchev–Trinajstić information content (AvgIpc) is 2.76. The highest BCUT2D eigenvalue weighted by molar-refractivity contribution is 5.58. The Labute approximate surface area is 91.0 Å². The van der Waals surface area contributed by atoms with Crippen LogP contribution in [0.3, 0.4) is 0 Å². The van der Waals surface area contributed by atoms with Crippen LogP contribution in [0.2, 0.25) is 0 Å². The fourth-order valence-electron chi connectivity index (χ4n) is 1.50. The fourth-order valence-corrected chi connectivity index (χ4v) is 1.50. The van der Waals surface area contributed by atoms with E-state index in [2.05, 4.69) is 15.1 Å². The predicted octanol–water partition coefficient (Wildman–Crippen LogP) is 1.50. The van der Waals surface area contributed by atoms with Crippen molar-refractivity contribution >= 4 is 5.65 Å². The van der Waals surface area contributed by atoms with Crippen molar-refractivity contribution in [2.24, 2.45) is 0 Å². The lowest BCUT2D eigenvalue weighted by molar-refractivity contribution is 0.477. The van der Waals surface area contributed by atoms with Crippen LogP contribution < -0.4 is 0 Å². The summed E-state index contributed by atoms with van der Waals surface area (Å²) in [6.07, 6.45) is 3.41. The van der Waals surface area contributed by atoms with E-state index in [1.54, 1.807) is 24.5 Å².